The number of halogens is 1. The average Bonchev–Trinajstić information content (AvgIpc) is 2.16. The molecule has 0 saturated carbocycles. The summed E-state index contributed by atoms with van der Waals surface area (Å²) in [7, 11) is 0. The zero-order valence-electron chi connectivity index (χ0n) is 8.63. The van der Waals surface area contributed by atoms with Crippen LogP contribution in [-0.2, 0) is 13.0 Å². The Morgan fingerprint density at radius 1 is 1.43 bits per heavy atom. The lowest BCUT2D eigenvalue weighted by atomic mass is 10.0. The second kappa shape index (κ2) is 3.87. The van der Waals surface area contributed by atoms with Gasteiger partial charge in [-0.05, 0) is 25.5 Å². The first-order valence-electron chi connectivity index (χ1n) is 5.05. The van der Waals surface area contributed by atoms with Gasteiger partial charge in [-0.1, -0.05) is 17.7 Å². The highest BCUT2D eigenvalue weighted by atomic mass is 35.5. The van der Waals surface area contributed by atoms with Crippen LogP contribution in [0, 0.1) is 0 Å². The minimum Gasteiger partial charge on any atom is -0.296 e. The Hall–Kier alpha value is -0.600. The third-order valence-electron chi connectivity index (χ3n) is 2.77. The lowest BCUT2D eigenvalue weighted by Gasteiger charge is -2.31. The molecule has 3 heteroatoms. The van der Waals surface area contributed by atoms with Gasteiger partial charge in [-0.2, -0.15) is 0 Å². The fourth-order valence-corrected chi connectivity index (χ4v) is 2.02. The predicted octanol–water partition coefficient (Wildman–Crippen LogP) is 2.50. The van der Waals surface area contributed by atoms with Crippen molar-refractivity contribution >= 4 is 11.6 Å². The molecule has 2 rings (SSSR count). The van der Waals surface area contributed by atoms with Gasteiger partial charge in [0.25, 0.3) is 0 Å². The summed E-state index contributed by atoms with van der Waals surface area (Å²) in [6, 6.07) is 4.59. The summed E-state index contributed by atoms with van der Waals surface area (Å²) in [4.78, 5) is 6.80. The van der Waals surface area contributed by atoms with Crippen molar-refractivity contribution < 1.29 is 0 Å². The van der Waals surface area contributed by atoms with E-state index >= 15 is 0 Å². The molecule has 76 valence electrons. The molecular formula is C11H15ClN2. The number of aromatic nitrogens is 1. The van der Waals surface area contributed by atoms with Crippen LogP contribution in [0.3, 0.4) is 0 Å². The molecule has 14 heavy (non-hydrogen) atoms. The molecule has 1 aliphatic heterocycles. The standard InChI is InChI=1S/C11H15ClN2/c1-8(2)14-6-5-10-9(7-14)3-4-11(12)13-10/h3-4,8H,5-7H2,1-2H3. The van der Waals surface area contributed by atoms with Crippen molar-refractivity contribution in [2.24, 2.45) is 0 Å². The zero-order valence-corrected chi connectivity index (χ0v) is 9.38. The molecule has 0 aliphatic carbocycles. The van der Waals surface area contributed by atoms with E-state index in [0.29, 0.717) is 11.2 Å². The highest BCUT2D eigenvalue weighted by Crippen LogP contribution is 2.20. The molecule has 0 saturated heterocycles. The summed E-state index contributed by atoms with van der Waals surface area (Å²) in [6.45, 7) is 6.57. The first kappa shape index (κ1) is 9.94. The summed E-state index contributed by atoms with van der Waals surface area (Å²) >= 11 is 5.85. The van der Waals surface area contributed by atoms with E-state index in [1.165, 1.54) is 11.3 Å². The maximum absolute atomic E-state index is 5.85. The largest absolute Gasteiger partial charge is 0.296 e. The SMILES string of the molecule is CC(C)N1CCc2nc(Cl)ccc2C1. The van der Waals surface area contributed by atoms with Crippen LogP contribution in [0.2, 0.25) is 5.15 Å². The average molecular weight is 211 g/mol. The fourth-order valence-electron chi connectivity index (χ4n) is 1.85. The maximum Gasteiger partial charge on any atom is 0.129 e. The van der Waals surface area contributed by atoms with Crippen molar-refractivity contribution in [3.8, 4) is 0 Å². The van der Waals surface area contributed by atoms with E-state index in [4.69, 9.17) is 11.6 Å². The van der Waals surface area contributed by atoms with Gasteiger partial charge in [0.1, 0.15) is 5.15 Å². The van der Waals surface area contributed by atoms with Crippen molar-refractivity contribution in [3.63, 3.8) is 0 Å². The smallest absolute Gasteiger partial charge is 0.129 e. The lowest BCUT2D eigenvalue weighted by molar-refractivity contribution is 0.202. The van der Waals surface area contributed by atoms with Gasteiger partial charge in [-0.15, -0.1) is 0 Å². The van der Waals surface area contributed by atoms with Crippen LogP contribution in [0.15, 0.2) is 12.1 Å². The fraction of sp³-hybridized carbons (Fsp3) is 0.545. The molecule has 0 radical (unpaired) electrons. The van der Waals surface area contributed by atoms with Gasteiger partial charge < -0.3 is 0 Å². The van der Waals surface area contributed by atoms with E-state index < -0.39 is 0 Å². The van der Waals surface area contributed by atoms with Crippen molar-refractivity contribution in [2.75, 3.05) is 6.54 Å². The summed E-state index contributed by atoms with van der Waals surface area (Å²) in [5, 5.41) is 0.613. The molecule has 0 N–H and O–H groups in total. The summed E-state index contributed by atoms with van der Waals surface area (Å²) in [5.74, 6) is 0. The van der Waals surface area contributed by atoms with Crippen LogP contribution in [0.25, 0.3) is 0 Å². The van der Waals surface area contributed by atoms with E-state index in [2.05, 4.69) is 29.8 Å². The first-order chi connectivity index (χ1) is 6.66. The molecule has 0 bridgehead atoms. The molecule has 0 amide bonds. The highest BCUT2D eigenvalue weighted by Gasteiger charge is 2.18. The molecule has 2 nitrogen and oxygen atoms in total. The third-order valence-corrected chi connectivity index (χ3v) is 2.98. The number of rotatable bonds is 1. The lowest BCUT2D eigenvalue weighted by Crippen LogP contribution is -2.36. The van der Waals surface area contributed by atoms with Gasteiger partial charge in [-0.3, -0.25) is 4.90 Å². The highest BCUT2D eigenvalue weighted by molar-refractivity contribution is 6.29. The van der Waals surface area contributed by atoms with E-state index in [9.17, 15) is 0 Å². The van der Waals surface area contributed by atoms with Gasteiger partial charge in [0.2, 0.25) is 0 Å². The Kier molecular flexibility index (Phi) is 2.75. The summed E-state index contributed by atoms with van der Waals surface area (Å²) < 4.78 is 0. The summed E-state index contributed by atoms with van der Waals surface area (Å²) in [6.07, 6.45) is 1.02. The van der Waals surface area contributed by atoms with E-state index in [-0.39, 0.29) is 0 Å². The molecule has 1 aliphatic rings. The molecule has 0 atom stereocenters. The van der Waals surface area contributed by atoms with E-state index in [1.54, 1.807) is 0 Å². The van der Waals surface area contributed by atoms with Crippen molar-refractivity contribution in [1.29, 1.82) is 0 Å². The monoisotopic (exact) mass is 210 g/mol. The topological polar surface area (TPSA) is 16.1 Å². The van der Waals surface area contributed by atoms with Crippen LogP contribution in [-0.4, -0.2) is 22.5 Å². The number of nitrogens with zero attached hydrogens (tertiary/aromatic N) is 2. The molecule has 1 aromatic heterocycles. The normalized spacial score (nSPS) is 17.1. The number of pyridine rings is 1. The van der Waals surface area contributed by atoms with Gasteiger partial charge in [0, 0.05) is 31.2 Å². The van der Waals surface area contributed by atoms with Crippen molar-refractivity contribution in [3.05, 3.63) is 28.5 Å². The summed E-state index contributed by atoms with van der Waals surface area (Å²) in [5.41, 5.74) is 2.50. The number of hydrogen-bond donors (Lipinski definition) is 0. The van der Waals surface area contributed by atoms with E-state index in [0.717, 1.165) is 19.5 Å². The molecular weight excluding hydrogens is 196 g/mol. The molecule has 0 unspecified atom stereocenters. The number of fused-ring (bicyclic) bond motifs is 1. The van der Waals surface area contributed by atoms with Crippen LogP contribution in [0.1, 0.15) is 25.1 Å². The minimum atomic E-state index is 0.610. The van der Waals surface area contributed by atoms with Crippen LogP contribution < -0.4 is 0 Å². The molecule has 2 heterocycles. The van der Waals surface area contributed by atoms with Gasteiger partial charge in [0.05, 0.1) is 0 Å². The second-order valence-corrected chi connectivity index (χ2v) is 4.44. The molecule has 0 fully saturated rings. The van der Waals surface area contributed by atoms with Gasteiger partial charge in [0.15, 0.2) is 0 Å². The molecule has 0 aromatic carbocycles. The Morgan fingerprint density at radius 2 is 2.21 bits per heavy atom. The van der Waals surface area contributed by atoms with Crippen LogP contribution in [0.5, 0.6) is 0 Å². The van der Waals surface area contributed by atoms with Crippen molar-refractivity contribution in [2.45, 2.75) is 32.9 Å². The quantitative estimate of drug-likeness (QED) is 0.663. The Morgan fingerprint density at radius 3 is 2.93 bits per heavy atom. The molecule has 1 aromatic rings. The maximum atomic E-state index is 5.85. The molecule has 0 spiro atoms. The van der Waals surface area contributed by atoms with E-state index in [1.807, 2.05) is 6.07 Å². The van der Waals surface area contributed by atoms with Gasteiger partial charge >= 0.3 is 0 Å². The number of hydrogen-bond acceptors (Lipinski definition) is 2. The van der Waals surface area contributed by atoms with Gasteiger partial charge in [-0.25, -0.2) is 4.98 Å². The third kappa shape index (κ3) is 1.91. The minimum absolute atomic E-state index is 0.610. The zero-order chi connectivity index (χ0) is 10.1. The van der Waals surface area contributed by atoms with Crippen LogP contribution in [0.4, 0.5) is 0 Å². The Bertz CT molecular complexity index is 336. The first-order valence-corrected chi connectivity index (χ1v) is 5.43. The Balaban J connectivity index is 2.23. The predicted molar refractivity (Wildman–Crippen MR) is 58.5 cm³/mol. The second-order valence-electron chi connectivity index (χ2n) is 4.05. The Labute approximate surface area is 89.9 Å². The van der Waals surface area contributed by atoms with Crippen molar-refractivity contribution in [1.82, 2.24) is 9.88 Å². The van der Waals surface area contributed by atoms with Crippen LogP contribution >= 0.6 is 11.6 Å².